The first-order valence-corrected chi connectivity index (χ1v) is 8.74. The molecule has 126 valence electrons. The van der Waals surface area contributed by atoms with Crippen molar-refractivity contribution in [2.75, 3.05) is 5.32 Å². The van der Waals surface area contributed by atoms with Crippen LogP contribution in [0.5, 0.6) is 0 Å². The van der Waals surface area contributed by atoms with E-state index in [0.717, 1.165) is 26.9 Å². The molecular formula is C17H15N5O2S. The van der Waals surface area contributed by atoms with E-state index in [1.54, 1.807) is 0 Å². The maximum atomic E-state index is 12.4. The standard InChI is InChI=1S/C17H15N5O2S/c1-2-11-4-3-5-12(8-11)19-14(23)9-22-17(24)21-10-18-13-6-7-25-15(13)16(21)20-22/h3-8,10H,2,9H2,1H3,(H,19,23). The average molecular weight is 353 g/mol. The highest BCUT2D eigenvalue weighted by Gasteiger charge is 2.14. The van der Waals surface area contributed by atoms with Crippen LogP contribution < -0.4 is 11.0 Å². The number of amides is 1. The van der Waals surface area contributed by atoms with E-state index in [2.05, 4.69) is 22.3 Å². The number of aromatic nitrogens is 4. The van der Waals surface area contributed by atoms with Crippen molar-refractivity contribution in [2.24, 2.45) is 0 Å². The third-order valence-corrected chi connectivity index (χ3v) is 4.84. The molecule has 0 spiro atoms. The first-order chi connectivity index (χ1) is 12.2. The van der Waals surface area contributed by atoms with Gasteiger partial charge in [0.15, 0.2) is 5.65 Å². The van der Waals surface area contributed by atoms with Crippen LogP contribution in [0.2, 0.25) is 0 Å². The predicted octanol–water partition coefficient (Wildman–Crippen LogP) is 2.31. The van der Waals surface area contributed by atoms with Crippen molar-refractivity contribution in [3.63, 3.8) is 0 Å². The number of nitrogens with zero attached hydrogens (tertiary/aromatic N) is 4. The van der Waals surface area contributed by atoms with Gasteiger partial charge in [0.1, 0.15) is 12.9 Å². The highest BCUT2D eigenvalue weighted by molar-refractivity contribution is 7.17. The fraction of sp³-hybridized carbons (Fsp3) is 0.176. The van der Waals surface area contributed by atoms with Gasteiger partial charge in [-0.3, -0.25) is 4.79 Å². The zero-order valence-corrected chi connectivity index (χ0v) is 14.3. The molecule has 0 aliphatic carbocycles. The summed E-state index contributed by atoms with van der Waals surface area (Å²) in [5.41, 5.74) is 2.77. The molecule has 3 aromatic heterocycles. The molecule has 25 heavy (non-hydrogen) atoms. The molecule has 0 radical (unpaired) electrons. The Kier molecular flexibility index (Phi) is 3.81. The van der Waals surface area contributed by atoms with Crippen LogP contribution in [0.25, 0.3) is 15.9 Å². The summed E-state index contributed by atoms with van der Waals surface area (Å²) in [5, 5.41) is 9.01. The number of carbonyl (C=O) groups is 1. The second-order valence-electron chi connectivity index (χ2n) is 5.62. The molecule has 1 N–H and O–H groups in total. The summed E-state index contributed by atoms with van der Waals surface area (Å²) in [4.78, 5) is 29.0. The van der Waals surface area contributed by atoms with Crippen LogP contribution in [-0.2, 0) is 17.8 Å². The summed E-state index contributed by atoms with van der Waals surface area (Å²) in [5.74, 6) is -0.297. The molecule has 0 saturated carbocycles. The summed E-state index contributed by atoms with van der Waals surface area (Å²) in [6.07, 6.45) is 2.33. The van der Waals surface area contributed by atoms with E-state index >= 15 is 0 Å². The maximum Gasteiger partial charge on any atom is 0.352 e. The zero-order valence-electron chi connectivity index (χ0n) is 13.5. The Morgan fingerprint density at radius 3 is 3.04 bits per heavy atom. The Labute approximate surface area is 146 Å². The minimum Gasteiger partial charge on any atom is -0.324 e. The molecule has 0 unspecified atom stereocenters. The Hall–Kier alpha value is -3.00. The van der Waals surface area contributed by atoms with Crippen molar-refractivity contribution < 1.29 is 4.79 Å². The molecule has 0 fully saturated rings. The monoisotopic (exact) mass is 353 g/mol. The zero-order chi connectivity index (χ0) is 17.4. The molecule has 1 aromatic carbocycles. The van der Waals surface area contributed by atoms with E-state index in [4.69, 9.17) is 0 Å². The quantitative estimate of drug-likeness (QED) is 0.610. The minimum absolute atomic E-state index is 0.149. The molecule has 0 aliphatic heterocycles. The van der Waals surface area contributed by atoms with Crippen molar-refractivity contribution in [2.45, 2.75) is 19.9 Å². The van der Waals surface area contributed by atoms with Gasteiger partial charge in [-0.25, -0.2) is 18.9 Å². The predicted molar refractivity (Wildman–Crippen MR) is 97.1 cm³/mol. The van der Waals surface area contributed by atoms with Gasteiger partial charge in [-0.2, -0.15) is 0 Å². The third-order valence-electron chi connectivity index (χ3n) is 3.94. The van der Waals surface area contributed by atoms with Crippen molar-refractivity contribution in [3.05, 3.63) is 58.1 Å². The maximum absolute atomic E-state index is 12.4. The van der Waals surface area contributed by atoms with Gasteiger partial charge in [0.2, 0.25) is 5.91 Å². The summed E-state index contributed by atoms with van der Waals surface area (Å²) >= 11 is 1.47. The number of hydrogen-bond donors (Lipinski definition) is 1. The van der Waals surface area contributed by atoms with Crippen LogP contribution in [0.1, 0.15) is 12.5 Å². The summed E-state index contributed by atoms with van der Waals surface area (Å²) < 4.78 is 3.35. The van der Waals surface area contributed by atoms with Gasteiger partial charge >= 0.3 is 5.69 Å². The van der Waals surface area contributed by atoms with Crippen LogP contribution in [0.4, 0.5) is 5.69 Å². The van der Waals surface area contributed by atoms with Crippen LogP contribution in [-0.4, -0.2) is 25.1 Å². The number of hydrogen-bond acceptors (Lipinski definition) is 5. The number of carbonyl (C=O) groups excluding carboxylic acids is 1. The Balaban J connectivity index is 1.62. The molecule has 3 heterocycles. The number of benzene rings is 1. The molecule has 0 atom stereocenters. The Bertz CT molecular complexity index is 1140. The first-order valence-electron chi connectivity index (χ1n) is 7.86. The lowest BCUT2D eigenvalue weighted by atomic mass is 10.1. The lowest BCUT2D eigenvalue weighted by Crippen LogP contribution is -2.28. The molecule has 7 nitrogen and oxygen atoms in total. The SMILES string of the molecule is CCc1cccc(NC(=O)Cn2nc3c4sccc4ncn3c2=O)c1. The van der Waals surface area contributed by atoms with Crippen molar-refractivity contribution in [1.29, 1.82) is 0 Å². The molecule has 1 amide bonds. The molecular weight excluding hydrogens is 338 g/mol. The van der Waals surface area contributed by atoms with Gasteiger partial charge in [0, 0.05) is 5.69 Å². The van der Waals surface area contributed by atoms with Crippen LogP contribution >= 0.6 is 11.3 Å². The van der Waals surface area contributed by atoms with E-state index in [9.17, 15) is 9.59 Å². The largest absolute Gasteiger partial charge is 0.352 e. The van der Waals surface area contributed by atoms with Gasteiger partial charge in [-0.05, 0) is 35.6 Å². The second-order valence-corrected chi connectivity index (χ2v) is 6.53. The molecule has 4 rings (SSSR count). The number of anilines is 1. The molecule has 0 aliphatic rings. The highest BCUT2D eigenvalue weighted by Crippen LogP contribution is 2.21. The topological polar surface area (TPSA) is 81.3 Å². The van der Waals surface area contributed by atoms with Gasteiger partial charge in [-0.15, -0.1) is 16.4 Å². The van der Waals surface area contributed by atoms with Crippen molar-refractivity contribution in [1.82, 2.24) is 19.2 Å². The molecule has 0 bridgehead atoms. The fourth-order valence-corrected chi connectivity index (χ4v) is 3.50. The van der Waals surface area contributed by atoms with Crippen molar-refractivity contribution >= 4 is 38.8 Å². The van der Waals surface area contributed by atoms with Crippen LogP contribution in [0, 0.1) is 0 Å². The van der Waals surface area contributed by atoms with Gasteiger partial charge in [-0.1, -0.05) is 19.1 Å². The van der Waals surface area contributed by atoms with E-state index in [1.165, 1.54) is 22.1 Å². The lowest BCUT2D eigenvalue weighted by Gasteiger charge is -2.06. The van der Waals surface area contributed by atoms with E-state index in [-0.39, 0.29) is 18.1 Å². The number of nitrogens with one attached hydrogen (secondary N) is 1. The smallest absolute Gasteiger partial charge is 0.324 e. The summed E-state index contributed by atoms with van der Waals surface area (Å²) in [7, 11) is 0. The first kappa shape index (κ1) is 15.5. The number of rotatable bonds is 4. The lowest BCUT2D eigenvalue weighted by molar-refractivity contribution is -0.117. The fourth-order valence-electron chi connectivity index (χ4n) is 2.68. The number of aryl methyl sites for hydroxylation is 1. The van der Waals surface area contributed by atoms with Gasteiger partial charge in [0.25, 0.3) is 0 Å². The number of thiophene rings is 1. The van der Waals surface area contributed by atoms with E-state index in [1.807, 2.05) is 35.7 Å². The Morgan fingerprint density at radius 1 is 1.32 bits per heavy atom. The average Bonchev–Trinajstić information content (AvgIpc) is 3.20. The van der Waals surface area contributed by atoms with Crippen LogP contribution in [0.3, 0.4) is 0 Å². The Morgan fingerprint density at radius 2 is 2.20 bits per heavy atom. The van der Waals surface area contributed by atoms with E-state index in [0.29, 0.717) is 11.3 Å². The van der Waals surface area contributed by atoms with Gasteiger partial charge in [0.05, 0.1) is 10.2 Å². The minimum atomic E-state index is -0.379. The van der Waals surface area contributed by atoms with Gasteiger partial charge < -0.3 is 5.32 Å². The third kappa shape index (κ3) is 2.80. The summed E-state index contributed by atoms with van der Waals surface area (Å²) in [6.45, 7) is 1.90. The highest BCUT2D eigenvalue weighted by atomic mass is 32.1. The molecule has 0 saturated heterocycles. The number of fused-ring (bicyclic) bond motifs is 3. The van der Waals surface area contributed by atoms with Crippen molar-refractivity contribution in [3.8, 4) is 0 Å². The van der Waals surface area contributed by atoms with E-state index < -0.39 is 0 Å². The molecule has 4 aromatic rings. The molecule has 8 heteroatoms. The second kappa shape index (κ2) is 6.14. The van der Waals surface area contributed by atoms with Crippen LogP contribution in [0.15, 0.2) is 46.8 Å². The summed E-state index contributed by atoms with van der Waals surface area (Å²) in [6, 6.07) is 9.51. The normalized spacial score (nSPS) is 11.2.